The van der Waals surface area contributed by atoms with Crippen LogP contribution in [0.5, 0.6) is 0 Å². The summed E-state index contributed by atoms with van der Waals surface area (Å²) in [5, 5.41) is 7.88. The average molecular weight is 276 g/mol. The monoisotopic (exact) mass is 276 g/mol. The largest absolute Gasteiger partial charge is 0.396 e. The highest BCUT2D eigenvalue weighted by Gasteiger charge is 1.82. The first-order valence-electron chi connectivity index (χ1n) is 6.59. The zero-order valence-electron chi connectivity index (χ0n) is 11.9. The van der Waals surface area contributed by atoms with Crippen LogP contribution in [-0.4, -0.2) is 21.7 Å². The van der Waals surface area contributed by atoms with Gasteiger partial charge in [-0.2, -0.15) is 0 Å². The molecule has 5 N–H and O–H groups in total. The first kappa shape index (κ1) is 18.2. The van der Waals surface area contributed by atoms with Crippen LogP contribution >= 0.6 is 0 Å². The normalized spacial score (nSPS) is 8.80. The molecule has 0 amide bonds. The van der Waals surface area contributed by atoms with E-state index in [9.17, 15) is 0 Å². The third kappa shape index (κ3) is 10.1. The van der Waals surface area contributed by atoms with Gasteiger partial charge in [0.2, 0.25) is 0 Å². The van der Waals surface area contributed by atoms with Crippen molar-refractivity contribution in [2.75, 3.05) is 6.61 Å². The zero-order chi connectivity index (χ0) is 15.1. The molecular weight excluding hydrogens is 252 g/mol. The molecule has 0 aromatic carbocycles. The van der Waals surface area contributed by atoms with E-state index in [2.05, 4.69) is 9.97 Å². The third-order valence-corrected chi connectivity index (χ3v) is 2.09. The molecule has 0 unspecified atom stereocenters. The van der Waals surface area contributed by atoms with Gasteiger partial charge in [-0.15, -0.1) is 0 Å². The molecule has 0 atom stereocenters. The summed E-state index contributed by atoms with van der Waals surface area (Å²) in [6.45, 7) is 3.31. The molecule has 0 aliphatic carbocycles. The van der Waals surface area contributed by atoms with E-state index in [0.717, 1.165) is 17.8 Å². The maximum absolute atomic E-state index is 7.88. The predicted molar refractivity (Wildman–Crippen MR) is 81.6 cm³/mol. The van der Waals surface area contributed by atoms with Gasteiger partial charge in [0.05, 0.1) is 11.4 Å². The summed E-state index contributed by atoms with van der Waals surface area (Å²) in [6.07, 6.45) is 4.35. The maximum atomic E-state index is 7.88. The maximum Gasteiger partial charge on any atom is 0.0539 e. The number of hydrogen-bond acceptors (Lipinski definition) is 5. The quantitative estimate of drug-likeness (QED) is 0.788. The molecule has 0 aliphatic rings. The minimum Gasteiger partial charge on any atom is -0.396 e. The average Bonchev–Trinajstić information content (AvgIpc) is 2.57. The Morgan fingerprint density at radius 3 is 1.45 bits per heavy atom. The molecule has 2 heterocycles. The van der Waals surface area contributed by atoms with Crippen LogP contribution in [0.15, 0.2) is 48.8 Å². The van der Waals surface area contributed by atoms with E-state index in [0.29, 0.717) is 19.7 Å². The van der Waals surface area contributed by atoms with Gasteiger partial charge in [-0.05, 0) is 30.7 Å². The number of rotatable bonds is 3. The fourth-order valence-electron chi connectivity index (χ4n) is 1.04. The molecule has 2 rings (SSSR count). The van der Waals surface area contributed by atoms with Crippen LogP contribution in [0.2, 0.25) is 0 Å². The van der Waals surface area contributed by atoms with E-state index in [4.69, 9.17) is 16.6 Å². The molecule has 0 bridgehead atoms. The summed E-state index contributed by atoms with van der Waals surface area (Å²) >= 11 is 0. The summed E-state index contributed by atoms with van der Waals surface area (Å²) in [4.78, 5) is 7.94. The molecule has 0 aliphatic heterocycles. The van der Waals surface area contributed by atoms with Crippen molar-refractivity contribution in [1.29, 1.82) is 0 Å². The third-order valence-electron chi connectivity index (χ3n) is 2.09. The Labute approximate surface area is 120 Å². The van der Waals surface area contributed by atoms with Gasteiger partial charge < -0.3 is 16.6 Å². The summed E-state index contributed by atoms with van der Waals surface area (Å²) in [6, 6.07) is 11.4. The van der Waals surface area contributed by atoms with E-state index >= 15 is 0 Å². The van der Waals surface area contributed by atoms with E-state index in [1.807, 2.05) is 43.3 Å². The first-order valence-corrected chi connectivity index (χ1v) is 6.59. The Kier molecular flexibility index (Phi) is 12.4. The van der Waals surface area contributed by atoms with Gasteiger partial charge >= 0.3 is 0 Å². The molecule has 5 heteroatoms. The van der Waals surface area contributed by atoms with Crippen molar-refractivity contribution >= 4 is 0 Å². The number of aromatic nitrogens is 2. The minimum atomic E-state index is 0.319. The summed E-state index contributed by atoms with van der Waals surface area (Å²) in [5.74, 6) is 0. The van der Waals surface area contributed by atoms with Crippen molar-refractivity contribution < 1.29 is 5.11 Å². The summed E-state index contributed by atoms with van der Waals surface area (Å²) < 4.78 is 0. The highest BCUT2D eigenvalue weighted by atomic mass is 16.2. The van der Waals surface area contributed by atoms with Crippen LogP contribution in [0.25, 0.3) is 0 Å². The molecule has 0 spiro atoms. The van der Waals surface area contributed by atoms with Crippen LogP contribution < -0.4 is 11.5 Å². The zero-order valence-corrected chi connectivity index (χ0v) is 11.9. The van der Waals surface area contributed by atoms with E-state index in [1.165, 1.54) is 0 Å². The lowest BCUT2D eigenvalue weighted by molar-refractivity contribution is 0.295. The lowest BCUT2D eigenvalue weighted by Gasteiger charge is -1.89. The van der Waals surface area contributed by atoms with Crippen molar-refractivity contribution in [3.8, 4) is 0 Å². The van der Waals surface area contributed by atoms with Crippen molar-refractivity contribution in [2.45, 2.75) is 26.4 Å². The smallest absolute Gasteiger partial charge is 0.0539 e. The van der Waals surface area contributed by atoms with E-state index in [1.54, 1.807) is 12.4 Å². The van der Waals surface area contributed by atoms with Crippen LogP contribution in [0.3, 0.4) is 0 Å². The number of aliphatic hydroxyl groups is 1. The second-order valence-electron chi connectivity index (χ2n) is 3.77. The molecule has 0 saturated carbocycles. The van der Waals surface area contributed by atoms with E-state index in [-0.39, 0.29) is 0 Å². The molecule has 2 aromatic heterocycles. The van der Waals surface area contributed by atoms with Crippen LogP contribution in [0, 0.1) is 0 Å². The molecule has 110 valence electrons. The fourth-order valence-corrected chi connectivity index (χ4v) is 1.04. The Bertz CT molecular complexity index is 367. The standard InChI is InChI=1S/2C6H8N2.C3H8O/c2*7-5-6-3-1-2-4-8-6;1-2-3-4/h2*1-4H,5,7H2;4H,2-3H2,1H3. The second-order valence-corrected chi connectivity index (χ2v) is 3.77. The van der Waals surface area contributed by atoms with Gasteiger partial charge in [-0.25, -0.2) is 0 Å². The highest BCUT2D eigenvalue weighted by molar-refractivity contribution is 5.02. The molecule has 20 heavy (non-hydrogen) atoms. The summed E-state index contributed by atoms with van der Waals surface area (Å²) in [5.41, 5.74) is 12.4. The van der Waals surface area contributed by atoms with Gasteiger partial charge in [0.1, 0.15) is 0 Å². The van der Waals surface area contributed by atoms with Crippen molar-refractivity contribution in [3.63, 3.8) is 0 Å². The molecule has 0 saturated heterocycles. The fraction of sp³-hybridized carbons (Fsp3) is 0.333. The van der Waals surface area contributed by atoms with E-state index < -0.39 is 0 Å². The predicted octanol–water partition coefficient (Wildman–Crippen LogP) is 1.47. The van der Waals surface area contributed by atoms with Crippen molar-refractivity contribution in [3.05, 3.63) is 60.2 Å². The first-order chi connectivity index (χ1) is 9.78. The van der Waals surface area contributed by atoms with Crippen molar-refractivity contribution in [1.82, 2.24) is 9.97 Å². The molecule has 2 aromatic rings. The Morgan fingerprint density at radius 1 is 0.900 bits per heavy atom. The number of hydrogen-bond donors (Lipinski definition) is 3. The molecule has 0 fully saturated rings. The molecule has 5 nitrogen and oxygen atoms in total. The van der Waals surface area contributed by atoms with Crippen LogP contribution in [-0.2, 0) is 13.1 Å². The summed E-state index contributed by atoms with van der Waals surface area (Å²) in [7, 11) is 0. The Balaban J connectivity index is 0.000000289. The Morgan fingerprint density at radius 2 is 1.30 bits per heavy atom. The molecular formula is C15H24N4O. The number of pyridine rings is 2. The topological polar surface area (TPSA) is 98.0 Å². The van der Waals surface area contributed by atoms with Gasteiger partial charge in [-0.1, -0.05) is 19.1 Å². The van der Waals surface area contributed by atoms with Crippen LogP contribution in [0.4, 0.5) is 0 Å². The van der Waals surface area contributed by atoms with Gasteiger partial charge in [0.25, 0.3) is 0 Å². The highest BCUT2D eigenvalue weighted by Crippen LogP contribution is 1.88. The van der Waals surface area contributed by atoms with Gasteiger partial charge in [0.15, 0.2) is 0 Å². The van der Waals surface area contributed by atoms with Crippen LogP contribution in [0.1, 0.15) is 24.7 Å². The van der Waals surface area contributed by atoms with Crippen molar-refractivity contribution in [2.24, 2.45) is 11.5 Å². The van der Waals surface area contributed by atoms with Gasteiger partial charge in [-0.3, -0.25) is 9.97 Å². The molecule has 0 radical (unpaired) electrons. The lowest BCUT2D eigenvalue weighted by atomic mass is 10.4. The number of nitrogens with zero attached hydrogens (tertiary/aromatic N) is 2. The second kappa shape index (κ2) is 13.6. The lowest BCUT2D eigenvalue weighted by Crippen LogP contribution is -1.97. The SMILES string of the molecule is CCCO.NCc1ccccn1.NCc1ccccn1. The number of nitrogens with two attached hydrogens (primary N) is 2. The number of aliphatic hydroxyl groups excluding tert-OH is 1. The Hall–Kier alpha value is -1.82. The van der Waals surface area contributed by atoms with Gasteiger partial charge in [0, 0.05) is 32.1 Å². The minimum absolute atomic E-state index is 0.319.